The van der Waals surface area contributed by atoms with Crippen molar-refractivity contribution in [3.63, 3.8) is 0 Å². The van der Waals surface area contributed by atoms with E-state index < -0.39 is 5.97 Å². The van der Waals surface area contributed by atoms with Crippen LogP contribution >= 0.6 is 0 Å². The number of carboxylic acids is 1. The van der Waals surface area contributed by atoms with Crippen LogP contribution in [0, 0.1) is 0 Å². The fraction of sp³-hybridized carbons (Fsp3) is 0.692. The van der Waals surface area contributed by atoms with E-state index in [0.29, 0.717) is 17.8 Å². The van der Waals surface area contributed by atoms with E-state index in [-0.39, 0.29) is 6.54 Å². The van der Waals surface area contributed by atoms with Crippen LogP contribution in [-0.2, 0) is 4.79 Å². The Kier molecular flexibility index (Phi) is 4.03. The topological polar surface area (TPSA) is 94.5 Å². The molecule has 0 aromatic carbocycles. The van der Waals surface area contributed by atoms with Gasteiger partial charge in [-0.05, 0) is 25.7 Å². The zero-order valence-corrected chi connectivity index (χ0v) is 12.0. The van der Waals surface area contributed by atoms with Crippen LogP contribution in [-0.4, -0.2) is 58.8 Å². The van der Waals surface area contributed by atoms with E-state index in [4.69, 9.17) is 5.11 Å². The largest absolute Gasteiger partial charge is 0.480 e. The summed E-state index contributed by atoms with van der Waals surface area (Å²) in [7, 11) is 0. The van der Waals surface area contributed by atoms with Crippen LogP contribution in [0.2, 0.25) is 0 Å². The van der Waals surface area contributed by atoms with Crippen LogP contribution in [0.5, 0.6) is 0 Å². The molecule has 2 fully saturated rings. The molecule has 3 heterocycles. The number of carboxylic acid groups (broad SMARTS) is 1. The fourth-order valence-electron chi connectivity index (χ4n) is 2.70. The third kappa shape index (κ3) is 3.32. The molecule has 8 nitrogen and oxygen atoms in total. The van der Waals surface area contributed by atoms with Gasteiger partial charge < -0.3 is 20.2 Å². The van der Waals surface area contributed by atoms with Crippen LogP contribution in [0.1, 0.15) is 25.7 Å². The lowest BCUT2D eigenvalue weighted by molar-refractivity contribution is -0.134. The number of rotatable bonds is 5. The molecule has 1 aromatic heterocycles. The van der Waals surface area contributed by atoms with Crippen LogP contribution in [0.3, 0.4) is 0 Å². The molecule has 21 heavy (non-hydrogen) atoms. The Morgan fingerprint density at radius 3 is 1.86 bits per heavy atom. The van der Waals surface area contributed by atoms with E-state index in [9.17, 15) is 4.79 Å². The number of hydrogen-bond donors (Lipinski definition) is 2. The molecule has 0 aliphatic carbocycles. The van der Waals surface area contributed by atoms with Crippen LogP contribution in [0.15, 0.2) is 0 Å². The Balaban J connectivity index is 1.85. The second-order valence-electron chi connectivity index (χ2n) is 5.39. The highest BCUT2D eigenvalue weighted by molar-refractivity contribution is 5.72. The molecule has 2 N–H and O–H groups in total. The first-order valence-electron chi connectivity index (χ1n) is 7.44. The summed E-state index contributed by atoms with van der Waals surface area (Å²) in [6, 6.07) is 0. The van der Waals surface area contributed by atoms with Crippen molar-refractivity contribution in [2.75, 3.05) is 47.8 Å². The summed E-state index contributed by atoms with van der Waals surface area (Å²) >= 11 is 0. The van der Waals surface area contributed by atoms with Crippen molar-refractivity contribution in [2.24, 2.45) is 0 Å². The minimum absolute atomic E-state index is 0.192. The van der Waals surface area contributed by atoms with Crippen molar-refractivity contribution < 1.29 is 9.90 Å². The summed E-state index contributed by atoms with van der Waals surface area (Å²) in [6.07, 6.45) is 4.57. The molecule has 2 aliphatic heterocycles. The van der Waals surface area contributed by atoms with Gasteiger partial charge in [0.2, 0.25) is 17.8 Å². The summed E-state index contributed by atoms with van der Waals surface area (Å²) in [6.45, 7) is 3.59. The zero-order valence-electron chi connectivity index (χ0n) is 12.0. The average molecular weight is 292 g/mol. The molecule has 0 spiro atoms. The molecule has 114 valence electrons. The maximum absolute atomic E-state index is 10.7. The molecule has 1 aromatic rings. The first-order chi connectivity index (χ1) is 10.2. The SMILES string of the molecule is O=C(O)CNc1nc(N2CCCC2)nc(N2CCCC2)n1. The van der Waals surface area contributed by atoms with Crippen molar-refractivity contribution in [2.45, 2.75) is 25.7 Å². The quantitative estimate of drug-likeness (QED) is 0.813. The first-order valence-corrected chi connectivity index (χ1v) is 7.44. The standard InChI is InChI=1S/C13H20N6O2/c20-10(21)9-14-11-15-12(18-5-1-2-6-18)17-13(16-11)19-7-3-4-8-19/h1-9H2,(H,20,21)(H,14,15,16,17). The van der Waals surface area contributed by atoms with Gasteiger partial charge in [0.25, 0.3) is 0 Å². The van der Waals surface area contributed by atoms with Gasteiger partial charge >= 0.3 is 5.97 Å². The first kappa shape index (κ1) is 13.8. The van der Waals surface area contributed by atoms with Crippen LogP contribution in [0.4, 0.5) is 17.8 Å². The summed E-state index contributed by atoms with van der Waals surface area (Å²) in [5, 5.41) is 11.5. The van der Waals surface area contributed by atoms with Crippen molar-refractivity contribution in [3.05, 3.63) is 0 Å². The lowest BCUT2D eigenvalue weighted by Crippen LogP contribution is -2.26. The number of anilines is 3. The van der Waals surface area contributed by atoms with E-state index >= 15 is 0 Å². The smallest absolute Gasteiger partial charge is 0.322 e. The highest BCUT2D eigenvalue weighted by Gasteiger charge is 2.21. The molecule has 3 rings (SSSR count). The van der Waals surface area contributed by atoms with Gasteiger partial charge in [-0.3, -0.25) is 4.79 Å². The van der Waals surface area contributed by atoms with Gasteiger partial charge in [0.15, 0.2) is 0 Å². The maximum atomic E-state index is 10.7. The molecule has 2 aliphatic rings. The maximum Gasteiger partial charge on any atom is 0.322 e. The predicted octanol–water partition coefficient (Wildman–Crippen LogP) is 0.568. The second-order valence-corrected chi connectivity index (χ2v) is 5.39. The van der Waals surface area contributed by atoms with Crippen molar-refractivity contribution in [1.82, 2.24) is 15.0 Å². The number of nitrogens with one attached hydrogen (secondary N) is 1. The fourth-order valence-corrected chi connectivity index (χ4v) is 2.70. The molecular weight excluding hydrogens is 272 g/mol. The highest BCUT2D eigenvalue weighted by Crippen LogP contribution is 2.22. The van der Waals surface area contributed by atoms with E-state index in [1.165, 1.54) is 0 Å². The number of aliphatic carboxylic acids is 1. The Morgan fingerprint density at radius 1 is 0.952 bits per heavy atom. The highest BCUT2D eigenvalue weighted by atomic mass is 16.4. The molecule has 0 bridgehead atoms. The zero-order chi connectivity index (χ0) is 14.7. The minimum Gasteiger partial charge on any atom is -0.480 e. The lowest BCUT2D eigenvalue weighted by atomic mass is 10.4. The third-order valence-electron chi connectivity index (χ3n) is 3.79. The van der Waals surface area contributed by atoms with Gasteiger partial charge in [-0.15, -0.1) is 0 Å². The van der Waals surface area contributed by atoms with Gasteiger partial charge in [-0.25, -0.2) is 0 Å². The Morgan fingerprint density at radius 2 is 1.43 bits per heavy atom. The van der Waals surface area contributed by atoms with E-state index in [2.05, 4.69) is 30.1 Å². The molecule has 0 amide bonds. The second kappa shape index (κ2) is 6.11. The predicted molar refractivity (Wildman–Crippen MR) is 78.8 cm³/mol. The van der Waals surface area contributed by atoms with E-state index in [1.54, 1.807) is 0 Å². The summed E-state index contributed by atoms with van der Waals surface area (Å²) < 4.78 is 0. The Hall–Kier alpha value is -2.12. The van der Waals surface area contributed by atoms with Gasteiger partial charge in [0.1, 0.15) is 6.54 Å². The number of nitrogens with zero attached hydrogens (tertiary/aromatic N) is 5. The molecule has 0 radical (unpaired) electrons. The van der Waals surface area contributed by atoms with Crippen molar-refractivity contribution >= 4 is 23.8 Å². The van der Waals surface area contributed by atoms with E-state index in [0.717, 1.165) is 51.9 Å². The lowest BCUT2D eigenvalue weighted by Gasteiger charge is -2.20. The summed E-state index contributed by atoms with van der Waals surface area (Å²) in [5.41, 5.74) is 0. The summed E-state index contributed by atoms with van der Waals surface area (Å²) in [4.78, 5) is 28.3. The Labute approximate surface area is 123 Å². The molecular formula is C13H20N6O2. The van der Waals surface area contributed by atoms with Gasteiger partial charge in [0, 0.05) is 26.2 Å². The van der Waals surface area contributed by atoms with Crippen molar-refractivity contribution in [3.8, 4) is 0 Å². The van der Waals surface area contributed by atoms with Gasteiger partial charge in [0.05, 0.1) is 0 Å². The molecule has 0 unspecified atom stereocenters. The van der Waals surface area contributed by atoms with Gasteiger partial charge in [-0.1, -0.05) is 0 Å². The minimum atomic E-state index is -0.930. The third-order valence-corrected chi connectivity index (χ3v) is 3.79. The van der Waals surface area contributed by atoms with E-state index in [1.807, 2.05) is 0 Å². The van der Waals surface area contributed by atoms with Gasteiger partial charge in [-0.2, -0.15) is 15.0 Å². The van der Waals surface area contributed by atoms with Crippen LogP contribution < -0.4 is 15.1 Å². The number of aromatic nitrogens is 3. The van der Waals surface area contributed by atoms with Crippen molar-refractivity contribution in [1.29, 1.82) is 0 Å². The molecule has 0 atom stereocenters. The Bertz CT molecular complexity index is 477. The normalized spacial score (nSPS) is 18.3. The number of hydrogen-bond acceptors (Lipinski definition) is 7. The monoisotopic (exact) mass is 292 g/mol. The van der Waals surface area contributed by atoms with Crippen LogP contribution in [0.25, 0.3) is 0 Å². The average Bonchev–Trinajstić information content (AvgIpc) is 3.17. The molecule has 0 saturated carbocycles. The molecule has 2 saturated heterocycles. The molecule has 8 heteroatoms. The number of carbonyl (C=O) groups is 1. The summed E-state index contributed by atoms with van der Waals surface area (Å²) in [5.74, 6) is 0.714.